The van der Waals surface area contributed by atoms with E-state index in [1.807, 2.05) is 44.7 Å². The quantitative estimate of drug-likeness (QED) is 0.482. The number of halogens is 1. The van der Waals surface area contributed by atoms with Crippen LogP contribution in [0.1, 0.15) is 33.3 Å². The number of carbonyl (C=O) groups is 1. The van der Waals surface area contributed by atoms with Crippen molar-refractivity contribution in [2.75, 3.05) is 19.7 Å². The molecule has 0 N–H and O–H groups in total. The van der Waals surface area contributed by atoms with Crippen molar-refractivity contribution in [1.29, 1.82) is 0 Å². The maximum absolute atomic E-state index is 13.4. The summed E-state index contributed by atoms with van der Waals surface area (Å²) in [5, 5.41) is 0.879. The fourth-order valence-corrected chi connectivity index (χ4v) is 4.20. The summed E-state index contributed by atoms with van der Waals surface area (Å²) in [7, 11) is 0. The maximum atomic E-state index is 13.4. The lowest BCUT2D eigenvalue weighted by atomic mass is 9.99. The minimum absolute atomic E-state index is 0.0101. The van der Waals surface area contributed by atoms with E-state index in [1.54, 1.807) is 24.5 Å². The summed E-state index contributed by atoms with van der Waals surface area (Å²) in [6.07, 6.45) is 3.34. The van der Waals surface area contributed by atoms with Crippen molar-refractivity contribution in [3.8, 4) is 16.9 Å². The van der Waals surface area contributed by atoms with Crippen LogP contribution in [-0.2, 0) is 9.53 Å². The van der Waals surface area contributed by atoms with Gasteiger partial charge in [-0.05, 0) is 57.0 Å². The Bertz CT molecular complexity index is 1140. The van der Waals surface area contributed by atoms with Crippen molar-refractivity contribution in [2.45, 2.75) is 39.9 Å². The minimum atomic E-state index is -0.287. The van der Waals surface area contributed by atoms with Gasteiger partial charge in [-0.3, -0.25) is 4.79 Å². The molecule has 32 heavy (non-hydrogen) atoms. The molecule has 6 heteroatoms. The van der Waals surface area contributed by atoms with E-state index in [-0.39, 0.29) is 23.9 Å². The lowest BCUT2D eigenvalue weighted by Crippen LogP contribution is -2.47. The van der Waals surface area contributed by atoms with E-state index in [2.05, 4.69) is 0 Å². The number of hydrogen-bond acceptors (Lipinski definition) is 4. The number of fused-ring (bicyclic) bond motifs is 1. The summed E-state index contributed by atoms with van der Waals surface area (Å²) in [4.78, 5) is 14.8. The Kier molecular flexibility index (Phi) is 6.33. The molecule has 4 rings (SSSR count). The zero-order valence-electron chi connectivity index (χ0n) is 18.9. The van der Waals surface area contributed by atoms with E-state index in [0.29, 0.717) is 31.0 Å². The topological polar surface area (TPSA) is 51.9 Å². The lowest BCUT2D eigenvalue weighted by Gasteiger charge is -2.34. The van der Waals surface area contributed by atoms with E-state index >= 15 is 0 Å². The number of ether oxygens (including phenoxy) is 2. The first kappa shape index (κ1) is 22.1. The Balaban J connectivity index is 1.73. The molecule has 2 aromatic carbocycles. The van der Waals surface area contributed by atoms with Crippen LogP contribution in [0, 0.1) is 5.82 Å². The highest BCUT2D eigenvalue weighted by Crippen LogP contribution is 2.37. The van der Waals surface area contributed by atoms with Gasteiger partial charge in [0.05, 0.1) is 25.1 Å². The van der Waals surface area contributed by atoms with Gasteiger partial charge in [-0.2, -0.15) is 0 Å². The fraction of sp³-hybridized carbons (Fsp3) is 0.346. The Morgan fingerprint density at radius 1 is 1.19 bits per heavy atom. The van der Waals surface area contributed by atoms with Crippen molar-refractivity contribution in [1.82, 2.24) is 4.90 Å². The molecule has 0 spiro atoms. The summed E-state index contributed by atoms with van der Waals surface area (Å²) in [5.41, 5.74) is 4.02. The van der Waals surface area contributed by atoms with E-state index in [9.17, 15) is 9.18 Å². The Morgan fingerprint density at radius 3 is 2.53 bits per heavy atom. The van der Waals surface area contributed by atoms with Crippen LogP contribution in [-0.4, -0.2) is 42.7 Å². The molecule has 2 unspecified atom stereocenters. The van der Waals surface area contributed by atoms with Gasteiger partial charge in [-0.15, -0.1) is 0 Å². The second-order valence-corrected chi connectivity index (χ2v) is 8.26. The van der Waals surface area contributed by atoms with Crippen LogP contribution in [0.2, 0.25) is 0 Å². The van der Waals surface area contributed by atoms with Gasteiger partial charge >= 0.3 is 0 Å². The summed E-state index contributed by atoms with van der Waals surface area (Å²) < 4.78 is 30.8. The van der Waals surface area contributed by atoms with Crippen molar-refractivity contribution < 1.29 is 23.1 Å². The van der Waals surface area contributed by atoms with Crippen LogP contribution in [0.5, 0.6) is 5.75 Å². The third-order valence-corrected chi connectivity index (χ3v) is 5.63. The molecule has 1 aliphatic heterocycles. The van der Waals surface area contributed by atoms with Crippen molar-refractivity contribution >= 4 is 22.4 Å². The third-order valence-electron chi connectivity index (χ3n) is 5.63. The summed E-state index contributed by atoms with van der Waals surface area (Å²) in [6.45, 7) is 9.41. The zero-order chi connectivity index (χ0) is 22.8. The molecule has 0 saturated carbocycles. The van der Waals surface area contributed by atoms with E-state index in [0.717, 1.165) is 27.6 Å². The maximum Gasteiger partial charge on any atom is 0.247 e. The number of benzene rings is 2. The first-order chi connectivity index (χ1) is 15.4. The average Bonchev–Trinajstić information content (AvgIpc) is 3.16. The highest BCUT2D eigenvalue weighted by Gasteiger charge is 2.25. The van der Waals surface area contributed by atoms with Crippen molar-refractivity contribution in [3.63, 3.8) is 0 Å². The molecule has 3 aromatic rings. The molecule has 1 aromatic heterocycles. The second-order valence-electron chi connectivity index (χ2n) is 8.26. The Labute approximate surface area is 187 Å². The highest BCUT2D eigenvalue weighted by molar-refractivity contribution is 6.00. The van der Waals surface area contributed by atoms with Crippen molar-refractivity contribution in [2.24, 2.45) is 0 Å². The van der Waals surface area contributed by atoms with E-state index < -0.39 is 0 Å². The van der Waals surface area contributed by atoms with Crippen LogP contribution in [0.3, 0.4) is 0 Å². The molecule has 0 radical (unpaired) electrons. The van der Waals surface area contributed by atoms with Gasteiger partial charge in [0.25, 0.3) is 0 Å². The average molecular weight is 438 g/mol. The molecule has 2 heterocycles. The third kappa shape index (κ3) is 4.55. The largest absolute Gasteiger partial charge is 0.493 e. The fourth-order valence-electron chi connectivity index (χ4n) is 4.20. The molecular weight excluding hydrogens is 409 g/mol. The van der Waals surface area contributed by atoms with E-state index in [1.165, 1.54) is 12.1 Å². The summed E-state index contributed by atoms with van der Waals surface area (Å²) in [5.74, 6) is 0.327. The summed E-state index contributed by atoms with van der Waals surface area (Å²) in [6, 6.07) is 10.1. The van der Waals surface area contributed by atoms with Crippen LogP contribution < -0.4 is 4.74 Å². The molecular formula is C26H28FNO4. The van der Waals surface area contributed by atoms with Gasteiger partial charge in [0.15, 0.2) is 0 Å². The molecule has 1 amide bonds. The zero-order valence-corrected chi connectivity index (χ0v) is 18.9. The first-order valence-electron chi connectivity index (χ1n) is 10.9. The number of amides is 1. The molecule has 1 saturated heterocycles. The number of allylic oxidation sites excluding steroid dienone is 1. The first-order valence-corrected chi connectivity index (χ1v) is 10.9. The number of furan rings is 1. The van der Waals surface area contributed by atoms with Crippen LogP contribution in [0.25, 0.3) is 27.7 Å². The molecule has 0 bridgehead atoms. The second kappa shape index (κ2) is 9.17. The predicted octanol–water partition coefficient (Wildman–Crippen LogP) is 5.68. The highest BCUT2D eigenvalue weighted by atomic mass is 19.1. The van der Waals surface area contributed by atoms with Crippen LogP contribution in [0.15, 0.2) is 53.2 Å². The van der Waals surface area contributed by atoms with Gasteiger partial charge in [0.1, 0.15) is 17.1 Å². The van der Waals surface area contributed by atoms with E-state index in [4.69, 9.17) is 13.9 Å². The SMILES string of the molecule is CCOc1cc2occ(-c3ccc(F)cc3)c2cc1/C(C)=C/C(=O)N1CC(C)OC(C)C1. The molecule has 0 aliphatic carbocycles. The molecule has 1 aliphatic rings. The standard InChI is InChI=1S/C26H28FNO4/c1-5-30-24-12-25-22(23(15-31-25)19-6-8-20(27)9-7-19)11-21(24)16(2)10-26(29)28-13-17(3)32-18(4)14-28/h6-12,15,17-18H,5,13-14H2,1-4H3/b16-10+. The van der Waals surface area contributed by atoms with Gasteiger partial charge < -0.3 is 18.8 Å². The normalized spacial score (nSPS) is 19.4. The predicted molar refractivity (Wildman–Crippen MR) is 123 cm³/mol. The van der Waals surface area contributed by atoms with Crippen LogP contribution >= 0.6 is 0 Å². The number of carbonyl (C=O) groups excluding carboxylic acids is 1. The number of nitrogens with zero attached hydrogens (tertiary/aromatic N) is 1. The molecule has 2 atom stereocenters. The smallest absolute Gasteiger partial charge is 0.247 e. The van der Waals surface area contributed by atoms with Gasteiger partial charge in [0.2, 0.25) is 5.91 Å². The summed E-state index contributed by atoms with van der Waals surface area (Å²) >= 11 is 0. The molecule has 1 fully saturated rings. The lowest BCUT2D eigenvalue weighted by molar-refractivity contribution is -0.137. The monoisotopic (exact) mass is 437 g/mol. The van der Waals surface area contributed by atoms with Gasteiger partial charge in [0, 0.05) is 41.7 Å². The number of morpholine rings is 1. The minimum Gasteiger partial charge on any atom is -0.493 e. The molecule has 168 valence electrons. The van der Waals surface area contributed by atoms with Gasteiger partial charge in [-0.1, -0.05) is 12.1 Å². The number of rotatable bonds is 5. The van der Waals surface area contributed by atoms with Crippen LogP contribution in [0.4, 0.5) is 4.39 Å². The van der Waals surface area contributed by atoms with Crippen molar-refractivity contribution in [3.05, 3.63) is 60.1 Å². The van der Waals surface area contributed by atoms with Gasteiger partial charge in [-0.25, -0.2) is 4.39 Å². The number of hydrogen-bond donors (Lipinski definition) is 0. The molecule has 5 nitrogen and oxygen atoms in total. The Hall–Kier alpha value is -3.12. The Morgan fingerprint density at radius 2 is 1.88 bits per heavy atom.